The third-order valence-electron chi connectivity index (χ3n) is 3.44. The van der Waals surface area contributed by atoms with Gasteiger partial charge in [-0.15, -0.1) is 0 Å². The highest BCUT2D eigenvalue weighted by Gasteiger charge is 2.15. The predicted octanol–water partition coefficient (Wildman–Crippen LogP) is 4.32. The van der Waals surface area contributed by atoms with E-state index in [4.69, 9.17) is 25.8 Å². The second-order valence-electron chi connectivity index (χ2n) is 4.91. The van der Waals surface area contributed by atoms with E-state index in [0.29, 0.717) is 33.6 Å². The van der Waals surface area contributed by atoms with E-state index in [2.05, 4.69) is 10.6 Å². The van der Waals surface area contributed by atoms with E-state index in [1.54, 1.807) is 30.3 Å². The normalized spacial score (nSPS) is 10.0. The first-order valence-electron chi connectivity index (χ1n) is 7.13. The molecule has 0 radical (unpaired) electrons. The van der Waals surface area contributed by atoms with Crippen molar-refractivity contribution in [2.75, 3.05) is 32.0 Å². The highest BCUT2D eigenvalue weighted by molar-refractivity contribution is 6.31. The van der Waals surface area contributed by atoms with Gasteiger partial charge in [-0.1, -0.05) is 17.7 Å². The molecule has 2 rings (SSSR count). The average Bonchev–Trinajstić information content (AvgIpc) is 2.57. The molecule has 0 saturated heterocycles. The smallest absolute Gasteiger partial charge is 0.323 e. The van der Waals surface area contributed by atoms with Gasteiger partial charge in [-0.2, -0.15) is 0 Å². The number of hydrogen-bond acceptors (Lipinski definition) is 4. The van der Waals surface area contributed by atoms with Gasteiger partial charge in [-0.3, -0.25) is 0 Å². The van der Waals surface area contributed by atoms with Crippen molar-refractivity contribution >= 4 is 29.0 Å². The molecular formula is C17H19ClN2O4. The van der Waals surface area contributed by atoms with Crippen LogP contribution in [0.2, 0.25) is 5.02 Å². The molecule has 2 aromatic carbocycles. The van der Waals surface area contributed by atoms with Gasteiger partial charge in [0.05, 0.1) is 27.0 Å². The summed E-state index contributed by atoms with van der Waals surface area (Å²) < 4.78 is 15.8. The van der Waals surface area contributed by atoms with Crippen LogP contribution in [0.25, 0.3) is 0 Å². The zero-order valence-electron chi connectivity index (χ0n) is 13.9. The number of rotatable bonds is 5. The van der Waals surface area contributed by atoms with Crippen molar-refractivity contribution in [2.24, 2.45) is 0 Å². The van der Waals surface area contributed by atoms with Crippen molar-refractivity contribution in [3.8, 4) is 17.2 Å². The minimum atomic E-state index is -0.408. The largest absolute Gasteiger partial charge is 0.493 e. The number of halogens is 1. The molecule has 24 heavy (non-hydrogen) atoms. The highest BCUT2D eigenvalue weighted by atomic mass is 35.5. The van der Waals surface area contributed by atoms with Crippen molar-refractivity contribution in [1.29, 1.82) is 0 Å². The summed E-state index contributed by atoms with van der Waals surface area (Å²) in [5.74, 6) is 1.36. The van der Waals surface area contributed by atoms with Crippen LogP contribution in [0.4, 0.5) is 16.2 Å². The van der Waals surface area contributed by atoms with Crippen LogP contribution in [0.15, 0.2) is 30.3 Å². The Labute approximate surface area is 145 Å². The monoisotopic (exact) mass is 350 g/mol. The summed E-state index contributed by atoms with van der Waals surface area (Å²) in [5, 5.41) is 6.07. The number of urea groups is 1. The lowest BCUT2D eigenvalue weighted by atomic mass is 10.2. The van der Waals surface area contributed by atoms with Gasteiger partial charge in [0, 0.05) is 22.8 Å². The number of anilines is 2. The van der Waals surface area contributed by atoms with Crippen LogP contribution in [-0.2, 0) is 0 Å². The Morgan fingerprint density at radius 1 is 1.00 bits per heavy atom. The zero-order chi connectivity index (χ0) is 17.7. The first-order chi connectivity index (χ1) is 11.5. The Bertz CT molecular complexity index is 724. The van der Waals surface area contributed by atoms with E-state index in [1.165, 1.54) is 21.3 Å². The minimum Gasteiger partial charge on any atom is -0.493 e. The SMILES string of the molecule is COc1cc(NC(=O)Nc2cccc(Cl)c2C)cc(OC)c1OC. The van der Waals surface area contributed by atoms with Crippen LogP contribution in [0.1, 0.15) is 5.56 Å². The van der Waals surface area contributed by atoms with E-state index < -0.39 is 6.03 Å². The number of amides is 2. The van der Waals surface area contributed by atoms with Crippen LogP contribution < -0.4 is 24.8 Å². The molecule has 7 heteroatoms. The van der Waals surface area contributed by atoms with Gasteiger partial charge in [-0.05, 0) is 24.6 Å². The summed E-state index contributed by atoms with van der Waals surface area (Å²) in [4.78, 5) is 12.2. The third-order valence-corrected chi connectivity index (χ3v) is 3.85. The molecule has 0 saturated carbocycles. The van der Waals surface area contributed by atoms with Crippen molar-refractivity contribution < 1.29 is 19.0 Å². The molecule has 0 bridgehead atoms. The fraction of sp³-hybridized carbons (Fsp3) is 0.235. The number of methoxy groups -OCH3 is 3. The molecule has 2 aromatic rings. The van der Waals surface area contributed by atoms with E-state index >= 15 is 0 Å². The lowest BCUT2D eigenvalue weighted by molar-refractivity contribution is 0.262. The minimum absolute atomic E-state index is 0.408. The van der Waals surface area contributed by atoms with Crippen LogP contribution in [0.5, 0.6) is 17.2 Å². The van der Waals surface area contributed by atoms with Crippen molar-refractivity contribution in [3.63, 3.8) is 0 Å². The zero-order valence-corrected chi connectivity index (χ0v) is 14.7. The average molecular weight is 351 g/mol. The highest BCUT2D eigenvalue weighted by Crippen LogP contribution is 2.40. The Balaban J connectivity index is 2.21. The second-order valence-corrected chi connectivity index (χ2v) is 5.31. The number of carbonyl (C=O) groups is 1. The second kappa shape index (κ2) is 7.79. The molecule has 0 aliphatic heterocycles. The van der Waals surface area contributed by atoms with Gasteiger partial charge < -0.3 is 24.8 Å². The molecule has 0 spiro atoms. The Morgan fingerprint density at radius 3 is 2.17 bits per heavy atom. The molecule has 0 unspecified atom stereocenters. The number of benzene rings is 2. The van der Waals surface area contributed by atoms with E-state index in [-0.39, 0.29) is 0 Å². The number of hydrogen-bond donors (Lipinski definition) is 2. The Morgan fingerprint density at radius 2 is 1.62 bits per heavy atom. The molecular weight excluding hydrogens is 332 g/mol. The standard InChI is InChI=1S/C17H19ClN2O4/c1-10-12(18)6-5-7-13(10)20-17(21)19-11-8-14(22-2)16(24-4)15(9-11)23-3/h5-9H,1-4H3,(H2,19,20,21). The molecule has 0 fully saturated rings. The lowest BCUT2D eigenvalue weighted by Crippen LogP contribution is -2.20. The number of ether oxygens (including phenoxy) is 3. The van der Waals surface area contributed by atoms with Crippen LogP contribution in [0, 0.1) is 6.92 Å². The topological polar surface area (TPSA) is 68.8 Å². The van der Waals surface area contributed by atoms with Gasteiger partial charge in [0.25, 0.3) is 0 Å². The molecule has 128 valence electrons. The van der Waals surface area contributed by atoms with E-state index in [1.807, 2.05) is 6.92 Å². The molecule has 0 aliphatic carbocycles. The first-order valence-corrected chi connectivity index (χ1v) is 7.51. The molecule has 0 atom stereocenters. The summed E-state index contributed by atoms with van der Waals surface area (Å²) in [7, 11) is 4.54. The van der Waals surface area contributed by atoms with Crippen molar-refractivity contribution in [3.05, 3.63) is 40.9 Å². The fourth-order valence-corrected chi connectivity index (χ4v) is 2.36. The van der Waals surface area contributed by atoms with Crippen LogP contribution >= 0.6 is 11.6 Å². The van der Waals surface area contributed by atoms with Gasteiger partial charge in [-0.25, -0.2) is 4.79 Å². The summed E-state index contributed by atoms with van der Waals surface area (Å²) in [5.41, 5.74) is 1.92. The number of carbonyl (C=O) groups excluding carboxylic acids is 1. The molecule has 2 amide bonds. The van der Waals surface area contributed by atoms with E-state index in [0.717, 1.165) is 5.56 Å². The van der Waals surface area contributed by atoms with Crippen molar-refractivity contribution in [2.45, 2.75) is 6.92 Å². The summed E-state index contributed by atoms with van der Waals surface area (Å²) in [6.45, 7) is 1.83. The number of nitrogens with one attached hydrogen (secondary N) is 2. The van der Waals surface area contributed by atoms with Crippen LogP contribution in [-0.4, -0.2) is 27.4 Å². The first kappa shape index (κ1) is 17.7. The molecule has 2 N–H and O–H groups in total. The van der Waals surface area contributed by atoms with Gasteiger partial charge in [0.1, 0.15) is 0 Å². The van der Waals surface area contributed by atoms with Gasteiger partial charge >= 0.3 is 6.03 Å². The molecule has 6 nitrogen and oxygen atoms in total. The van der Waals surface area contributed by atoms with E-state index in [9.17, 15) is 4.79 Å². The van der Waals surface area contributed by atoms with Gasteiger partial charge in [0.2, 0.25) is 5.75 Å². The summed E-state index contributed by atoms with van der Waals surface area (Å²) in [6.07, 6.45) is 0. The third kappa shape index (κ3) is 3.83. The molecule has 0 heterocycles. The quantitative estimate of drug-likeness (QED) is 0.842. The fourth-order valence-electron chi connectivity index (χ4n) is 2.18. The maximum absolute atomic E-state index is 12.2. The summed E-state index contributed by atoms with van der Waals surface area (Å²) >= 11 is 6.05. The Hall–Kier alpha value is -2.60. The van der Waals surface area contributed by atoms with Gasteiger partial charge in [0.15, 0.2) is 11.5 Å². The van der Waals surface area contributed by atoms with Crippen molar-refractivity contribution in [1.82, 2.24) is 0 Å². The lowest BCUT2D eigenvalue weighted by Gasteiger charge is -2.15. The maximum atomic E-state index is 12.2. The maximum Gasteiger partial charge on any atom is 0.323 e. The summed E-state index contributed by atoms with van der Waals surface area (Å²) in [6, 6.07) is 8.19. The molecule has 0 aromatic heterocycles. The van der Waals surface area contributed by atoms with Crippen LogP contribution in [0.3, 0.4) is 0 Å². The molecule has 0 aliphatic rings. The predicted molar refractivity (Wildman–Crippen MR) is 94.9 cm³/mol. The Kier molecular flexibility index (Phi) is 5.76.